The third kappa shape index (κ3) is 2.75. The Morgan fingerprint density at radius 1 is 1.28 bits per heavy atom. The number of rotatable bonds is 3. The number of Topliss-reactive ketones (excluding diaryl/α,β-unsaturated/α-hetero) is 1. The lowest BCUT2D eigenvalue weighted by Crippen LogP contribution is -2.59. The molecule has 132 valence electrons. The second kappa shape index (κ2) is 6.23. The zero-order valence-corrected chi connectivity index (χ0v) is 14.6. The number of ether oxygens (including phenoxy) is 1. The van der Waals surface area contributed by atoms with Gasteiger partial charge in [0.15, 0.2) is 23.5 Å². The van der Waals surface area contributed by atoms with Crippen molar-refractivity contribution < 1.29 is 19.4 Å². The highest BCUT2D eigenvalue weighted by Gasteiger charge is 2.50. The smallest absolute Gasteiger partial charge is 0.234 e. The van der Waals surface area contributed by atoms with Gasteiger partial charge >= 0.3 is 0 Å². The molecule has 1 amide bonds. The van der Waals surface area contributed by atoms with E-state index in [2.05, 4.69) is 4.99 Å². The van der Waals surface area contributed by atoms with Crippen LogP contribution in [0.1, 0.15) is 12.5 Å². The first-order valence-electron chi connectivity index (χ1n) is 8.01. The summed E-state index contributed by atoms with van der Waals surface area (Å²) < 4.78 is 5.17. The van der Waals surface area contributed by atoms with Gasteiger partial charge in [-0.3, -0.25) is 9.59 Å². The van der Waals surface area contributed by atoms with Crippen LogP contribution in [0.2, 0.25) is 0 Å². The standard InChI is InChI=1S/C18H21N3O4/c1-10-15(23)14-17(21(3)18(10)24)19-16(20(14)2)13(22)9-11-6-5-7-12(8-11)25-4/h5-10,14,17,22H,1-4H3/b13-9-. The van der Waals surface area contributed by atoms with Crippen LogP contribution in [-0.4, -0.2) is 65.8 Å². The van der Waals surface area contributed by atoms with Gasteiger partial charge in [0.05, 0.1) is 13.0 Å². The first-order chi connectivity index (χ1) is 11.8. The number of hydrogen-bond acceptors (Lipinski definition) is 6. The van der Waals surface area contributed by atoms with Gasteiger partial charge in [-0.25, -0.2) is 4.99 Å². The van der Waals surface area contributed by atoms with Crippen LogP contribution in [0.15, 0.2) is 35.0 Å². The number of carbonyl (C=O) groups is 2. The van der Waals surface area contributed by atoms with Crippen molar-refractivity contribution in [2.45, 2.75) is 19.1 Å². The fourth-order valence-corrected chi connectivity index (χ4v) is 3.27. The molecular formula is C18H21N3O4. The minimum absolute atomic E-state index is 0.0635. The number of ketones is 1. The topological polar surface area (TPSA) is 82.4 Å². The highest BCUT2D eigenvalue weighted by atomic mass is 16.5. The summed E-state index contributed by atoms with van der Waals surface area (Å²) in [5.41, 5.74) is 0.743. The summed E-state index contributed by atoms with van der Waals surface area (Å²) in [5.74, 6) is -0.227. The monoisotopic (exact) mass is 343 g/mol. The second-order valence-electron chi connectivity index (χ2n) is 6.30. The number of amides is 1. The summed E-state index contributed by atoms with van der Waals surface area (Å²) >= 11 is 0. The third-order valence-electron chi connectivity index (χ3n) is 4.75. The van der Waals surface area contributed by atoms with Gasteiger partial charge in [0.2, 0.25) is 5.91 Å². The van der Waals surface area contributed by atoms with Gasteiger partial charge in [-0.2, -0.15) is 0 Å². The molecule has 7 heteroatoms. The number of likely N-dealkylation sites (N-methyl/N-ethyl adjacent to an activating group) is 2. The largest absolute Gasteiger partial charge is 0.504 e. The second-order valence-corrected chi connectivity index (χ2v) is 6.30. The van der Waals surface area contributed by atoms with E-state index < -0.39 is 18.1 Å². The predicted octanol–water partition coefficient (Wildman–Crippen LogP) is 1.31. The van der Waals surface area contributed by atoms with E-state index in [-0.39, 0.29) is 17.4 Å². The zero-order chi connectivity index (χ0) is 18.3. The number of methoxy groups -OCH3 is 1. The predicted molar refractivity (Wildman–Crippen MR) is 93.3 cm³/mol. The molecule has 1 saturated heterocycles. The first kappa shape index (κ1) is 17.0. The molecule has 2 aliphatic rings. The first-order valence-corrected chi connectivity index (χ1v) is 8.01. The van der Waals surface area contributed by atoms with E-state index in [1.807, 2.05) is 18.2 Å². The molecule has 0 bridgehead atoms. The number of piperidine rings is 1. The van der Waals surface area contributed by atoms with E-state index in [0.29, 0.717) is 11.6 Å². The molecule has 1 fully saturated rings. The molecule has 2 aliphatic heterocycles. The van der Waals surface area contributed by atoms with Crippen LogP contribution >= 0.6 is 0 Å². The lowest BCUT2D eigenvalue weighted by molar-refractivity contribution is -0.149. The zero-order valence-electron chi connectivity index (χ0n) is 14.6. The number of aliphatic hydroxyl groups excluding tert-OH is 1. The van der Waals surface area contributed by atoms with Gasteiger partial charge in [-0.15, -0.1) is 0 Å². The number of amidine groups is 1. The Kier molecular flexibility index (Phi) is 4.24. The lowest BCUT2D eigenvalue weighted by Gasteiger charge is -2.37. The van der Waals surface area contributed by atoms with E-state index in [9.17, 15) is 14.7 Å². The van der Waals surface area contributed by atoms with Crippen molar-refractivity contribution in [1.82, 2.24) is 9.80 Å². The van der Waals surface area contributed by atoms with Crippen LogP contribution in [0, 0.1) is 5.92 Å². The summed E-state index contributed by atoms with van der Waals surface area (Å²) in [4.78, 5) is 32.2. The molecule has 3 unspecified atom stereocenters. The maximum atomic E-state index is 12.5. The van der Waals surface area contributed by atoms with Crippen LogP contribution < -0.4 is 4.74 Å². The lowest BCUT2D eigenvalue weighted by atomic mass is 9.91. The van der Waals surface area contributed by atoms with Crippen molar-refractivity contribution in [3.63, 3.8) is 0 Å². The molecule has 0 radical (unpaired) electrons. The Morgan fingerprint density at radius 2 is 2.00 bits per heavy atom. The van der Waals surface area contributed by atoms with Crippen LogP contribution in [0.4, 0.5) is 0 Å². The number of nitrogens with zero attached hydrogens (tertiary/aromatic N) is 3. The molecule has 2 heterocycles. The van der Waals surface area contributed by atoms with Gasteiger partial charge in [0.25, 0.3) is 0 Å². The van der Waals surface area contributed by atoms with Crippen molar-refractivity contribution in [3.05, 3.63) is 35.6 Å². The Hall–Kier alpha value is -2.83. The van der Waals surface area contributed by atoms with Crippen molar-refractivity contribution in [1.29, 1.82) is 0 Å². The number of benzene rings is 1. The Bertz CT molecular complexity index is 786. The Balaban J connectivity index is 1.93. The number of carbonyl (C=O) groups excluding carboxylic acids is 2. The minimum atomic E-state index is -0.701. The van der Waals surface area contributed by atoms with Crippen molar-refractivity contribution in [2.75, 3.05) is 21.2 Å². The molecule has 0 spiro atoms. The maximum absolute atomic E-state index is 12.5. The molecular weight excluding hydrogens is 322 g/mol. The number of aliphatic hydroxyl groups is 1. The normalized spacial score (nSPS) is 26.6. The molecule has 0 saturated carbocycles. The van der Waals surface area contributed by atoms with Crippen LogP contribution in [0.25, 0.3) is 6.08 Å². The third-order valence-corrected chi connectivity index (χ3v) is 4.75. The van der Waals surface area contributed by atoms with Crippen molar-refractivity contribution in [3.8, 4) is 5.75 Å². The number of likely N-dealkylation sites (tertiary alicyclic amines) is 1. The van der Waals surface area contributed by atoms with Gasteiger partial charge in [-0.05, 0) is 30.7 Å². The molecule has 0 aliphatic carbocycles. The van der Waals surface area contributed by atoms with Crippen LogP contribution in [0.3, 0.4) is 0 Å². The summed E-state index contributed by atoms with van der Waals surface area (Å²) in [6.45, 7) is 1.61. The quantitative estimate of drug-likeness (QED) is 0.661. The summed E-state index contributed by atoms with van der Waals surface area (Å²) in [5, 5.41) is 10.5. The fraction of sp³-hybridized carbons (Fsp3) is 0.389. The van der Waals surface area contributed by atoms with Crippen LogP contribution in [-0.2, 0) is 9.59 Å². The van der Waals surface area contributed by atoms with E-state index >= 15 is 0 Å². The summed E-state index contributed by atoms with van der Waals surface area (Å²) in [7, 11) is 4.90. The van der Waals surface area contributed by atoms with E-state index in [1.165, 1.54) is 4.90 Å². The van der Waals surface area contributed by atoms with Gasteiger partial charge in [0, 0.05) is 14.1 Å². The average molecular weight is 343 g/mol. The molecule has 3 atom stereocenters. The van der Waals surface area contributed by atoms with Crippen LogP contribution in [0.5, 0.6) is 5.75 Å². The van der Waals surface area contributed by atoms with Gasteiger partial charge in [-0.1, -0.05) is 12.1 Å². The Labute approximate surface area is 146 Å². The van der Waals surface area contributed by atoms with E-state index in [1.54, 1.807) is 45.2 Å². The maximum Gasteiger partial charge on any atom is 0.234 e. The highest BCUT2D eigenvalue weighted by molar-refractivity contribution is 6.11. The molecule has 1 aromatic carbocycles. The minimum Gasteiger partial charge on any atom is -0.504 e. The van der Waals surface area contributed by atoms with E-state index in [0.717, 1.165) is 5.56 Å². The number of aliphatic imine (C=N–C) groups is 1. The molecule has 3 rings (SSSR count). The van der Waals surface area contributed by atoms with Crippen molar-refractivity contribution >= 4 is 23.6 Å². The molecule has 1 aromatic rings. The number of hydrogen-bond donors (Lipinski definition) is 1. The molecule has 25 heavy (non-hydrogen) atoms. The SMILES string of the molecule is COc1cccc(/C=C(\O)C2=NC3C(C(=O)C(C)C(=O)N3C)N2C)c1. The molecule has 0 aromatic heterocycles. The van der Waals surface area contributed by atoms with E-state index in [4.69, 9.17) is 4.74 Å². The highest BCUT2D eigenvalue weighted by Crippen LogP contribution is 2.30. The summed E-state index contributed by atoms with van der Waals surface area (Å²) in [6.07, 6.45) is 0.947. The van der Waals surface area contributed by atoms with Gasteiger partial charge in [0.1, 0.15) is 11.8 Å². The average Bonchev–Trinajstić information content (AvgIpc) is 2.96. The fourth-order valence-electron chi connectivity index (χ4n) is 3.27. The van der Waals surface area contributed by atoms with Crippen molar-refractivity contribution in [2.24, 2.45) is 10.9 Å². The number of fused-ring (bicyclic) bond motifs is 1. The molecule has 7 nitrogen and oxygen atoms in total. The molecule has 1 N–H and O–H groups in total. The van der Waals surface area contributed by atoms with Gasteiger partial charge < -0.3 is 19.6 Å². The summed E-state index contributed by atoms with van der Waals surface area (Å²) in [6, 6.07) is 6.65. The Morgan fingerprint density at radius 3 is 2.68 bits per heavy atom.